The average Bonchev–Trinajstić information content (AvgIpc) is 2.04. The number of aromatic hydroxyl groups is 1. The maximum absolute atomic E-state index is 10.9. The van der Waals surface area contributed by atoms with Crippen molar-refractivity contribution in [1.82, 2.24) is 0 Å². The van der Waals surface area contributed by atoms with Gasteiger partial charge in [-0.3, -0.25) is 0 Å². The molecular weight excluding hydrogens is 168 g/mol. The van der Waals surface area contributed by atoms with Crippen LogP contribution in [0.1, 0.15) is 31.6 Å². The molecule has 1 N–H and O–H groups in total. The van der Waals surface area contributed by atoms with E-state index >= 15 is 0 Å². The van der Waals surface area contributed by atoms with Crippen molar-refractivity contribution >= 4 is 0 Å². The van der Waals surface area contributed by atoms with Crippen LogP contribution in [0.5, 0.6) is 5.75 Å². The van der Waals surface area contributed by atoms with Crippen LogP contribution in [-0.4, -0.2) is 5.11 Å². The SMILES string of the molecule is CCCc1oc(=O)cc(O)c1CC. The zero-order valence-electron chi connectivity index (χ0n) is 7.96. The van der Waals surface area contributed by atoms with Gasteiger partial charge in [-0.25, -0.2) is 4.79 Å². The molecule has 13 heavy (non-hydrogen) atoms. The zero-order chi connectivity index (χ0) is 9.84. The highest BCUT2D eigenvalue weighted by molar-refractivity contribution is 5.32. The van der Waals surface area contributed by atoms with Crippen LogP contribution < -0.4 is 5.63 Å². The molecule has 0 bridgehead atoms. The van der Waals surface area contributed by atoms with E-state index in [1.165, 1.54) is 0 Å². The lowest BCUT2D eigenvalue weighted by atomic mass is 10.1. The van der Waals surface area contributed by atoms with Gasteiger partial charge in [-0.15, -0.1) is 0 Å². The van der Waals surface area contributed by atoms with Crippen molar-refractivity contribution in [2.45, 2.75) is 33.1 Å². The number of hydrogen-bond acceptors (Lipinski definition) is 3. The van der Waals surface area contributed by atoms with Gasteiger partial charge in [0.15, 0.2) is 0 Å². The molecule has 0 spiro atoms. The predicted molar refractivity (Wildman–Crippen MR) is 50.0 cm³/mol. The molecule has 0 radical (unpaired) electrons. The third-order valence-electron chi connectivity index (χ3n) is 1.95. The summed E-state index contributed by atoms with van der Waals surface area (Å²) in [4.78, 5) is 10.9. The summed E-state index contributed by atoms with van der Waals surface area (Å²) in [5.41, 5.74) is 0.277. The van der Waals surface area contributed by atoms with Crippen molar-refractivity contribution in [2.75, 3.05) is 0 Å². The molecule has 1 aromatic heterocycles. The molecule has 72 valence electrons. The second-order valence-corrected chi connectivity index (χ2v) is 2.96. The van der Waals surface area contributed by atoms with Crippen LogP contribution in [0.25, 0.3) is 0 Å². The molecule has 0 amide bonds. The molecule has 0 aliphatic carbocycles. The minimum absolute atomic E-state index is 0.0576. The fourth-order valence-corrected chi connectivity index (χ4v) is 1.36. The van der Waals surface area contributed by atoms with Crippen LogP contribution in [0.3, 0.4) is 0 Å². The van der Waals surface area contributed by atoms with Crippen molar-refractivity contribution in [3.8, 4) is 5.75 Å². The fraction of sp³-hybridized carbons (Fsp3) is 0.500. The average molecular weight is 182 g/mol. The van der Waals surface area contributed by atoms with Crippen molar-refractivity contribution in [2.24, 2.45) is 0 Å². The van der Waals surface area contributed by atoms with Crippen molar-refractivity contribution < 1.29 is 9.52 Å². The molecule has 1 rings (SSSR count). The van der Waals surface area contributed by atoms with Crippen LogP contribution in [0.4, 0.5) is 0 Å². The Balaban J connectivity index is 3.21. The van der Waals surface area contributed by atoms with Crippen molar-refractivity contribution in [3.05, 3.63) is 27.8 Å². The second kappa shape index (κ2) is 4.12. The Hall–Kier alpha value is -1.25. The lowest BCUT2D eigenvalue weighted by molar-refractivity contribution is 0.411. The summed E-state index contributed by atoms with van der Waals surface area (Å²) in [6.07, 6.45) is 2.29. The fourth-order valence-electron chi connectivity index (χ4n) is 1.36. The Morgan fingerprint density at radius 3 is 2.69 bits per heavy atom. The first-order valence-corrected chi connectivity index (χ1v) is 4.53. The van der Waals surface area contributed by atoms with E-state index in [4.69, 9.17) is 4.42 Å². The molecule has 0 unspecified atom stereocenters. The zero-order valence-corrected chi connectivity index (χ0v) is 7.96. The van der Waals surface area contributed by atoms with E-state index in [1.807, 2.05) is 13.8 Å². The van der Waals surface area contributed by atoms with Gasteiger partial charge in [0, 0.05) is 12.0 Å². The molecule has 0 aromatic carbocycles. The molecule has 0 aliphatic rings. The van der Waals surface area contributed by atoms with Gasteiger partial charge in [-0.2, -0.15) is 0 Å². The van der Waals surface area contributed by atoms with Gasteiger partial charge < -0.3 is 9.52 Å². The van der Waals surface area contributed by atoms with Crippen LogP contribution in [0, 0.1) is 0 Å². The molecule has 1 aromatic rings. The Morgan fingerprint density at radius 2 is 2.15 bits per heavy atom. The highest BCUT2D eigenvalue weighted by Crippen LogP contribution is 2.20. The van der Waals surface area contributed by atoms with Crippen molar-refractivity contribution in [3.63, 3.8) is 0 Å². The minimum Gasteiger partial charge on any atom is -0.507 e. The quantitative estimate of drug-likeness (QED) is 0.776. The summed E-state index contributed by atoms with van der Waals surface area (Å²) in [5, 5.41) is 9.44. The van der Waals surface area contributed by atoms with Crippen LogP contribution in [-0.2, 0) is 12.8 Å². The Kier molecular flexibility index (Phi) is 3.12. The summed E-state index contributed by atoms with van der Waals surface area (Å²) in [7, 11) is 0. The van der Waals surface area contributed by atoms with Crippen LogP contribution in [0.2, 0.25) is 0 Å². The van der Waals surface area contributed by atoms with E-state index in [2.05, 4.69) is 0 Å². The van der Waals surface area contributed by atoms with Gasteiger partial charge in [0.25, 0.3) is 0 Å². The molecule has 0 saturated heterocycles. The Morgan fingerprint density at radius 1 is 1.46 bits per heavy atom. The third kappa shape index (κ3) is 2.11. The number of rotatable bonds is 3. The van der Waals surface area contributed by atoms with Gasteiger partial charge in [0.2, 0.25) is 0 Å². The minimum atomic E-state index is -0.474. The largest absolute Gasteiger partial charge is 0.507 e. The highest BCUT2D eigenvalue weighted by atomic mass is 16.4. The summed E-state index contributed by atoms with van der Waals surface area (Å²) >= 11 is 0. The second-order valence-electron chi connectivity index (χ2n) is 2.96. The van der Waals surface area contributed by atoms with Gasteiger partial charge >= 0.3 is 5.63 Å². The molecule has 1 heterocycles. The van der Waals surface area contributed by atoms with E-state index in [9.17, 15) is 9.90 Å². The molecule has 0 atom stereocenters. The van der Waals surface area contributed by atoms with Gasteiger partial charge in [-0.05, 0) is 12.8 Å². The number of hydrogen-bond donors (Lipinski definition) is 1. The highest BCUT2D eigenvalue weighted by Gasteiger charge is 2.09. The van der Waals surface area contributed by atoms with Gasteiger partial charge in [-0.1, -0.05) is 13.8 Å². The normalized spacial score (nSPS) is 10.3. The van der Waals surface area contributed by atoms with Crippen molar-refractivity contribution in [1.29, 1.82) is 0 Å². The van der Waals surface area contributed by atoms with Gasteiger partial charge in [0.1, 0.15) is 11.5 Å². The lowest BCUT2D eigenvalue weighted by Gasteiger charge is -2.05. The Labute approximate surface area is 77.0 Å². The molecular formula is C10H14O3. The van der Waals surface area contributed by atoms with Gasteiger partial charge in [0.05, 0.1) is 6.07 Å². The smallest absolute Gasteiger partial charge is 0.339 e. The summed E-state index contributed by atoms with van der Waals surface area (Å²) in [6.45, 7) is 3.93. The van der Waals surface area contributed by atoms with E-state index in [0.717, 1.165) is 18.1 Å². The first-order valence-electron chi connectivity index (χ1n) is 4.53. The third-order valence-corrected chi connectivity index (χ3v) is 1.95. The van der Waals surface area contributed by atoms with E-state index < -0.39 is 5.63 Å². The lowest BCUT2D eigenvalue weighted by Crippen LogP contribution is -2.03. The molecule has 3 nitrogen and oxygen atoms in total. The molecule has 0 fully saturated rings. The first kappa shape index (κ1) is 9.84. The predicted octanol–water partition coefficient (Wildman–Crippen LogP) is 1.86. The standard InChI is InChI=1S/C10H14O3/c1-3-5-9-7(4-2)8(11)6-10(12)13-9/h6,11H,3-5H2,1-2H3. The van der Waals surface area contributed by atoms with Crippen LogP contribution >= 0.6 is 0 Å². The van der Waals surface area contributed by atoms with E-state index in [0.29, 0.717) is 18.6 Å². The molecule has 3 heteroatoms. The topological polar surface area (TPSA) is 50.4 Å². The number of aryl methyl sites for hydroxylation is 1. The summed E-state index contributed by atoms with van der Waals surface area (Å²) in [6, 6.07) is 1.12. The van der Waals surface area contributed by atoms with E-state index in [1.54, 1.807) is 0 Å². The maximum atomic E-state index is 10.9. The first-order chi connectivity index (χ1) is 6.19. The summed E-state index contributed by atoms with van der Waals surface area (Å²) < 4.78 is 5.00. The molecule has 0 saturated carbocycles. The van der Waals surface area contributed by atoms with E-state index in [-0.39, 0.29) is 5.75 Å². The Bertz CT molecular complexity index is 339. The summed E-state index contributed by atoms with van der Waals surface area (Å²) in [5.74, 6) is 0.678. The monoisotopic (exact) mass is 182 g/mol. The molecule has 0 aliphatic heterocycles. The van der Waals surface area contributed by atoms with Crippen LogP contribution in [0.15, 0.2) is 15.3 Å². The maximum Gasteiger partial charge on any atom is 0.339 e.